The highest BCUT2D eigenvalue weighted by molar-refractivity contribution is 5.97. The summed E-state index contributed by atoms with van der Waals surface area (Å²) in [6.07, 6.45) is 1.27. The molecule has 0 saturated heterocycles. The standard InChI is InChI=1S/C11H18N4O3/c1-6(2)10-8(5-15(3)14-10)13-11(18)7(12)4-9(16)17/h5-7H,4,12H2,1-3H3,(H,13,18)(H,16,17). The highest BCUT2D eigenvalue weighted by Gasteiger charge is 2.20. The average Bonchev–Trinajstić information content (AvgIpc) is 2.58. The van der Waals surface area contributed by atoms with Crippen molar-refractivity contribution in [1.82, 2.24) is 9.78 Å². The van der Waals surface area contributed by atoms with Gasteiger partial charge in [0.1, 0.15) is 0 Å². The number of aliphatic carboxylic acids is 1. The molecule has 1 aromatic heterocycles. The maximum Gasteiger partial charge on any atom is 0.305 e. The molecule has 1 atom stereocenters. The molecule has 0 saturated carbocycles. The molecule has 0 aliphatic carbocycles. The van der Waals surface area contributed by atoms with Crippen molar-refractivity contribution in [2.75, 3.05) is 5.32 Å². The predicted molar refractivity (Wildman–Crippen MR) is 66.2 cm³/mol. The van der Waals surface area contributed by atoms with Crippen LogP contribution in [0.25, 0.3) is 0 Å². The lowest BCUT2D eigenvalue weighted by Crippen LogP contribution is -2.37. The summed E-state index contributed by atoms with van der Waals surface area (Å²) in [6.45, 7) is 3.91. The van der Waals surface area contributed by atoms with E-state index in [1.807, 2.05) is 13.8 Å². The van der Waals surface area contributed by atoms with Crippen LogP contribution in [0, 0.1) is 0 Å². The molecule has 0 spiro atoms. The number of amides is 1. The highest BCUT2D eigenvalue weighted by atomic mass is 16.4. The fourth-order valence-corrected chi connectivity index (χ4v) is 1.53. The molecule has 18 heavy (non-hydrogen) atoms. The zero-order valence-corrected chi connectivity index (χ0v) is 10.7. The van der Waals surface area contributed by atoms with Gasteiger partial charge in [-0.2, -0.15) is 5.10 Å². The van der Waals surface area contributed by atoms with Crippen molar-refractivity contribution in [3.63, 3.8) is 0 Å². The van der Waals surface area contributed by atoms with Crippen molar-refractivity contribution in [3.8, 4) is 0 Å². The van der Waals surface area contributed by atoms with Crippen LogP contribution in [0.1, 0.15) is 31.9 Å². The van der Waals surface area contributed by atoms with E-state index in [0.717, 1.165) is 5.69 Å². The number of anilines is 1. The third-order valence-corrected chi connectivity index (χ3v) is 2.39. The summed E-state index contributed by atoms with van der Waals surface area (Å²) >= 11 is 0. The Balaban J connectivity index is 2.78. The number of hydrogen-bond acceptors (Lipinski definition) is 4. The van der Waals surface area contributed by atoms with Crippen molar-refractivity contribution >= 4 is 17.6 Å². The molecule has 1 unspecified atom stereocenters. The minimum absolute atomic E-state index is 0.150. The first-order chi connectivity index (χ1) is 8.31. The number of aromatic nitrogens is 2. The third kappa shape index (κ3) is 3.56. The van der Waals surface area contributed by atoms with E-state index in [2.05, 4.69) is 10.4 Å². The van der Waals surface area contributed by atoms with Crippen LogP contribution in [0.5, 0.6) is 0 Å². The van der Waals surface area contributed by atoms with E-state index in [9.17, 15) is 9.59 Å². The van der Waals surface area contributed by atoms with Crippen molar-refractivity contribution in [3.05, 3.63) is 11.9 Å². The van der Waals surface area contributed by atoms with Crippen LogP contribution in [-0.4, -0.2) is 32.8 Å². The van der Waals surface area contributed by atoms with Gasteiger partial charge in [-0.1, -0.05) is 13.8 Å². The monoisotopic (exact) mass is 254 g/mol. The number of nitrogens with zero attached hydrogens (tertiary/aromatic N) is 2. The molecule has 1 aromatic rings. The van der Waals surface area contributed by atoms with E-state index in [1.54, 1.807) is 17.9 Å². The number of hydrogen-bond donors (Lipinski definition) is 3. The SMILES string of the molecule is CC(C)c1nn(C)cc1NC(=O)C(N)CC(=O)O. The maximum atomic E-state index is 11.7. The van der Waals surface area contributed by atoms with Gasteiger partial charge in [0.2, 0.25) is 5.91 Å². The van der Waals surface area contributed by atoms with E-state index < -0.39 is 24.3 Å². The summed E-state index contributed by atoms with van der Waals surface area (Å²) in [7, 11) is 1.75. The molecule has 1 amide bonds. The molecule has 1 heterocycles. The number of carboxylic acids is 1. The molecule has 0 fully saturated rings. The molecule has 4 N–H and O–H groups in total. The fourth-order valence-electron chi connectivity index (χ4n) is 1.53. The Hall–Kier alpha value is -1.89. The maximum absolute atomic E-state index is 11.7. The molecule has 0 aromatic carbocycles. The number of carbonyl (C=O) groups excluding carboxylic acids is 1. The summed E-state index contributed by atoms with van der Waals surface area (Å²) < 4.78 is 1.59. The molecule has 0 aliphatic rings. The molecule has 0 bridgehead atoms. The Morgan fingerprint density at radius 2 is 2.17 bits per heavy atom. The van der Waals surface area contributed by atoms with Gasteiger partial charge in [0, 0.05) is 13.2 Å². The van der Waals surface area contributed by atoms with Crippen molar-refractivity contribution in [2.24, 2.45) is 12.8 Å². The minimum Gasteiger partial charge on any atom is -0.481 e. The first-order valence-electron chi connectivity index (χ1n) is 5.63. The number of carbonyl (C=O) groups is 2. The molecular weight excluding hydrogens is 236 g/mol. The highest BCUT2D eigenvalue weighted by Crippen LogP contribution is 2.22. The van der Waals surface area contributed by atoms with Gasteiger partial charge in [0.05, 0.1) is 23.8 Å². The van der Waals surface area contributed by atoms with Crippen LogP contribution in [0.2, 0.25) is 0 Å². The lowest BCUT2D eigenvalue weighted by molar-refractivity contribution is -0.138. The molecule has 100 valence electrons. The molecule has 7 nitrogen and oxygen atoms in total. The van der Waals surface area contributed by atoms with Crippen LogP contribution in [0.3, 0.4) is 0 Å². The normalized spacial score (nSPS) is 12.5. The third-order valence-electron chi connectivity index (χ3n) is 2.39. The number of rotatable bonds is 5. The summed E-state index contributed by atoms with van der Waals surface area (Å²) in [6, 6.07) is -1.07. The first-order valence-corrected chi connectivity index (χ1v) is 5.63. The van der Waals surface area contributed by atoms with E-state index in [1.165, 1.54) is 0 Å². The van der Waals surface area contributed by atoms with Crippen LogP contribution in [0.4, 0.5) is 5.69 Å². The minimum atomic E-state index is -1.10. The van der Waals surface area contributed by atoms with Crippen LogP contribution in [-0.2, 0) is 16.6 Å². The zero-order valence-electron chi connectivity index (χ0n) is 10.7. The smallest absolute Gasteiger partial charge is 0.305 e. The number of nitrogens with two attached hydrogens (primary N) is 1. The zero-order chi connectivity index (χ0) is 13.9. The van der Waals surface area contributed by atoms with Crippen molar-refractivity contribution in [1.29, 1.82) is 0 Å². The Morgan fingerprint density at radius 3 is 2.67 bits per heavy atom. The first kappa shape index (κ1) is 14.2. The summed E-state index contributed by atoms with van der Waals surface area (Å²) in [5, 5.41) is 15.4. The quantitative estimate of drug-likeness (QED) is 0.699. The Morgan fingerprint density at radius 1 is 1.56 bits per heavy atom. The number of carboxylic acid groups (broad SMARTS) is 1. The van der Waals surface area contributed by atoms with Gasteiger partial charge in [0.25, 0.3) is 0 Å². The van der Waals surface area contributed by atoms with E-state index in [-0.39, 0.29) is 5.92 Å². The molecule has 7 heteroatoms. The second-order valence-corrected chi connectivity index (χ2v) is 4.45. The van der Waals surface area contributed by atoms with Gasteiger partial charge in [-0.15, -0.1) is 0 Å². The van der Waals surface area contributed by atoms with E-state index >= 15 is 0 Å². The summed E-state index contributed by atoms with van der Waals surface area (Å²) in [5.74, 6) is -1.47. The van der Waals surface area contributed by atoms with Gasteiger partial charge < -0.3 is 16.2 Å². The van der Waals surface area contributed by atoms with Crippen LogP contribution >= 0.6 is 0 Å². The molecule has 0 aliphatic heterocycles. The molecule has 1 rings (SSSR count). The van der Waals surface area contributed by atoms with Gasteiger partial charge in [0.15, 0.2) is 0 Å². The predicted octanol–water partition coefficient (Wildman–Crippen LogP) is 0.284. The Bertz CT molecular complexity index is 453. The lowest BCUT2D eigenvalue weighted by Gasteiger charge is -2.11. The average molecular weight is 254 g/mol. The summed E-state index contributed by atoms with van der Waals surface area (Å²) in [4.78, 5) is 22.2. The van der Waals surface area contributed by atoms with Gasteiger partial charge in [-0.25, -0.2) is 0 Å². The summed E-state index contributed by atoms with van der Waals surface area (Å²) in [5.41, 5.74) is 6.79. The van der Waals surface area contributed by atoms with Crippen LogP contribution in [0.15, 0.2) is 6.20 Å². The van der Waals surface area contributed by atoms with Gasteiger partial charge >= 0.3 is 5.97 Å². The largest absolute Gasteiger partial charge is 0.481 e. The topological polar surface area (TPSA) is 110 Å². The lowest BCUT2D eigenvalue weighted by atomic mass is 10.1. The second-order valence-electron chi connectivity index (χ2n) is 4.45. The fraction of sp³-hybridized carbons (Fsp3) is 0.545. The Kier molecular flexibility index (Phi) is 4.43. The van der Waals surface area contributed by atoms with Crippen molar-refractivity contribution < 1.29 is 14.7 Å². The second kappa shape index (κ2) is 5.63. The van der Waals surface area contributed by atoms with E-state index in [4.69, 9.17) is 10.8 Å². The van der Waals surface area contributed by atoms with Gasteiger partial charge in [-0.05, 0) is 5.92 Å². The number of aryl methyl sites for hydroxylation is 1. The van der Waals surface area contributed by atoms with Crippen LogP contribution < -0.4 is 11.1 Å². The van der Waals surface area contributed by atoms with E-state index in [0.29, 0.717) is 5.69 Å². The molecule has 0 radical (unpaired) electrons. The number of nitrogens with one attached hydrogen (secondary N) is 1. The Labute approximate surface area is 105 Å². The van der Waals surface area contributed by atoms with Gasteiger partial charge in [-0.3, -0.25) is 14.3 Å². The molecular formula is C11H18N4O3. The van der Waals surface area contributed by atoms with Crippen molar-refractivity contribution in [2.45, 2.75) is 32.2 Å².